The lowest BCUT2D eigenvalue weighted by molar-refractivity contribution is -0.309. The molecule has 0 unspecified atom stereocenters. The summed E-state index contributed by atoms with van der Waals surface area (Å²) in [5, 5.41) is 2.59. The van der Waals surface area contributed by atoms with Crippen LogP contribution < -0.4 is 29.0 Å². The number of unbranched alkanes of at least 4 members (excludes halogenated alkanes) is 2. The molecule has 0 atom stereocenters. The number of hydrogen-bond donors (Lipinski definition) is 0. The Morgan fingerprint density at radius 3 is 2.60 bits per heavy atom. The zero-order valence-corrected chi connectivity index (χ0v) is 21.2. The van der Waals surface area contributed by atoms with Crippen molar-refractivity contribution in [2.75, 3.05) is 0 Å². The number of fused-ring (bicyclic) bond motifs is 4. The fraction of sp³-hybridized carbons (Fsp3) is 0.423. The summed E-state index contributed by atoms with van der Waals surface area (Å²) in [6, 6.07) is 17.7. The summed E-state index contributed by atoms with van der Waals surface area (Å²) < 4.78 is 3.66. The molecule has 0 aliphatic heterocycles. The highest BCUT2D eigenvalue weighted by Crippen LogP contribution is 2.30. The zero-order valence-electron chi connectivity index (χ0n) is 17.5. The Bertz CT molecular complexity index is 1140. The lowest BCUT2D eigenvalue weighted by Gasteiger charge is -2.21. The number of nitrogens with zero attached hydrogens (tertiary/aromatic N) is 1. The maximum atomic E-state index is 3.70. The van der Waals surface area contributed by atoms with Gasteiger partial charge in [-0.2, -0.15) is 0 Å². The van der Waals surface area contributed by atoms with E-state index in [-0.39, 0.29) is 24.0 Å². The van der Waals surface area contributed by atoms with Crippen LogP contribution in [0.25, 0.3) is 32.8 Å². The number of rotatable bonds is 6. The van der Waals surface area contributed by atoms with Gasteiger partial charge in [-0.05, 0) is 42.7 Å². The zero-order chi connectivity index (χ0) is 19.6. The monoisotopic (exact) mass is 576 g/mol. The number of H-pyrrole nitrogens is 1. The van der Waals surface area contributed by atoms with E-state index in [1.165, 1.54) is 90.6 Å². The second kappa shape index (κ2) is 9.99. The van der Waals surface area contributed by atoms with Crippen LogP contribution in [0.1, 0.15) is 57.8 Å². The molecule has 2 nitrogen and oxygen atoms in total. The molecule has 2 aromatic carbocycles. The van der Waals surface area contributed by atoms with Crippen molar-refractivity contribution in [1.29, 1.82) is 0 Å². The molecule has 1 N–H and O–H groups in total. The lowest BCUT2D eigenvalue weighted by Crippen LogP contribution is -3.00. The van der Waals surface area contributed by atoms with E-state index >= 15 is 0 Å². The molecule has 2 heterocycles. The van der Waals surface area contributed by atoms with Gasteiger partial charge < -0.3 is 28.5 Å². The van der Waals surface area contributed by atoms with Gasteiger partial charge in [0.25, 0.3) is 0 Å². The highest BCUT2D eigenvalue weighted by atomic mass is 127. The summed E-state index contributed by atoms with van der Waals surface area (Å²) in [6.45, 7) is 1.10. The summed E-state index contributed by atoms with van der Waals surface area (Å²) in [4.78, 5) is 3.70. The van der Waals surface area contributed by atoms with E-state index in [0.717, 1.165) is 16.9 Å². The number of para-hydroxylation sites is 1. The summed E-state index contributed by atoms with van der Waals surface area (Å²) >= 11 is 3.62. The van der Waals surface area contributed by atoms with Crippen molar-refractivity contribution in [2.45, 2.75) is 64.3 Å². The second-order valence-corrected chi connectivity index (χ2v) is 9.70. The van der Waals surface area contributed by atoms with Crippen LogP contribution in [-0.2, 0) is 6.54 Å². The van der Waals surface area contributed by atoms with Crippen LogP contribution in [0.2, 0.25) is 0 Å². The minimum Gasteiger partial charge on any atom is -1.00 e. The Morgan fingerprint density at radius 2 is 1.73 bits per heavy atom. The van der Waals surface area contributed by atoms with Crippen molar-refractivity contribution < 1.29 is 29.0 Å². The largest absolute Gasteiger partial charge is 1.00 e. The average molecular weight is 577 g/mol. The molecule has 0 radical (unpaired) electrons. The van der Waals surface area contributed by atoms with Crippen LogP contribution in [0.5, 0.6) is 0 Å². The number of pyridine rings is 1. The van der Waals surface area contributed by atoms with Crippen molar-refractivity contribution in [3.05, 3.63) is 53.0 Å². The van der Waals surface area contributed by atoms with E-state index in [2.05, 4.69) is 74.0 Å². The first-order chi connectivity index (χ1) is 14.3. The van der Waals surface area contributed by atoms with Gasteiger partial charge in [0.05, 0.1) is 10.9 Å². The molecule has 30 heavy (non-hydrogen) atoms. The summed E-state index contributed by atoms with van der Waals surface area (Å²) in [5.41, 5.74) is 5.12. The third-order valence-electron chi connectivity index (χ3n) is 6.80. The Kier molecular flexibility index (Phi) is 7.35. The maximum Gasteiger partial charge on any atom is 0.237 e. The van der Waals surface area contributed by atoms with Gasteiger partial charge in [0.15, 0.2) is 0 Å². The minimum absolute atomic E-state index is 0. The van der Waals surface area contributed by atoms with Crippen molar-refractivity contribution in [3.63, 3.8) is 0 Å². The van der Waals surface area contributed by atoms with E-state index in [1.807, 2.05) is 0 Å². The normalized spacial score (nSPS) is 15.1. The van der Waals surface area contributed by atoms with Crippen LogP contribution in [0, 0.1) is 5.92 Å². The molecular formula is C26H30BrIN2. The Morgan fingerprint density at radius 1 is 0.900 bits per heavy atom. The van der Waals surface area contributed by atoms with Gasteiger partial charge in [-0.15, -0.1) is 0 Å². The summed E-state index contributed by atoms with van der Waals surface area (Å²) in [5.74, 6) is 1.01. The number of nitrogens with one attached hydrogen (secondary N) is 1. The van der Waals surface area contributed by atoms with E-state index in [1.54, 1.807) is 0 Å². The first kappa shape index (κ1) is 22.1. The van der Waals surface area contributed by atoms with E-state index in [4.69, 9.17) is 0 Å². The van der Waals surface area contributed by atoms with E-state index in [9.17, 15) is 0 Å². The summed E-state index contributed by atoms with van der Waals surface area (Å²) in [6.07, 6.45) is 12.8. The quantitative estimate of drug-likeness (QED) is 0.235. The first-order valence-corrected chi connectivity index (χ1v) is 12.1. The predicted molar refractivity (Wildman–Crippen MR) is 126 cm³/mol. The number of aromatic nitrogens is 2. The maximum absolute atomic E-state index is 3.70. The van der Waals surface area contributed by atoms with Gasteiger partial charge in [0.1, 0.15) is 5.52 Å². The molecule has 0 amide bonds. The van der Waals surface area contributed by atoms with Crippen molar-refractivity contribution in [1.82, 2.24) is 4.57 Å². The number of aromatic amines is 1. The molecule has 0 spiro atoms. The van der Waals surface area contributed by atoms with Gasteiger partial charge in [0, 0.05) is 22.5 Å². The highest BCUT2D eigenvalue weighted by Gasteiger charge is 2.17. The summed E-state index contributed by atoms with van der Waals surface area (Å²) in [7, 11) is 0. The molecular weight excluding hydrogens is 547 g/mol. The van der Waals surface area contributed by atoms with Crippen molar-refractivity contribution in [3.8, 4) is 0 Å². The number of halogens is 2. The van der Waals surface area contributed by atoms with Crippen molar-refractivity contribution >= 4 is 48.8 Å². The fourth-order valence-corrected chi connectivity index (χ4v) is 5.63. The molecule has 1 aliphatic rings. The molecule has 2 aromatic heterocycles. The topological polar surface area (TPSA) is 19.1 Å². The van der Waals surface area contributed by atoms with Crippen LogP contribution in [0.4, 0.5) is 0 Å². The lowest BCUT2D eigenvalue weighted by atomic mass is 9.85. The third-order valence-corrected chi connectivity index (χ3v) is 7.29. The van der Waals surface area contributed by atoms with Crippen LogP contribution in [-0.4, -0.2) is 4.57 Å². The molecule has 4 aromatic rings. The average Bonchev–Trinajstić information content (AvgIpc) is 3.05. The van der Waals surface area contributed by atoms with Gasteiger partial charge in [0.2, 0.25) is 11.0 Å². The van der Waals surface area contributed by atoms with Crippen LogP contribution in [0.3, 0.4) is 0 Å². The Labute approximate surface area is 204 Å². The molecule has 1 fully saturated rings. The molecule has 158 valence electrons. The Balaban J connectivity index is 0.00000218. The van der Waals surface area contributed by atoms with Crippen LogP contribution >= 0.6 is 15.9 Å². The number of benzene rings is 2. The number of aryl methyl sites for hydroxylation is 1. The molecule has 4 heteroatoms. The smallest absolute Gasteiger partial charge is 0.237 e. The van der Waals surface area contributed by atoms with Crippen LogP contribution in [0.15, 0.2) is 53.0 Å². The predicted octanol–water partition coefficient (Wildman–Crippen LogP) is 4.67. The van der Waals surface area contributed by atoms with Gasteiger partial charge in [-0.1, -0.05) is 79.4 Å². The fourth-order valence-electron chi connectivity index (χ4n) is 5.25. The number of hydrogen-bond acceptors (Lipinski definition) is 0. The van der Waals surface area contributed by atoms with E-state index in [0.29, 0.717) is 0 Å². The molecule has 1 saturated carbocycles. The van der Waals surface area contributed by atoms with Gasteiger partial charge >= 0.3 is 0 Å². The van der Waals surface area contributed by atoms with Crippen molar-refractivity contribution in [2.24, 2.45) is 5.92 Å². The van der Waals surface area contributed by atoms with Gasteiger partial charge in [-0.3, -0.25) is 0 Å². The van der Waals surface area contributed by atoms with Gasteiger partial charge in [-0.25, -0.2) is 4.98 Å². The molecule has 5 rings (SSSR count). The van der Waals surface area contributed by atoms with E-state index < -0.39 is 0 Å². The second-order valence-electron chi connectivity index (χ2n) is 8.78. The highest BCUT2D eigenvalue weighted by molar-refractivity contribution is 9.10. The molecule has 1 aliphatic carbocycles. The Hall–Kier alpha value is -1.14. The molecule has 0 bridgehead atoms. The molecule has 0 saturated heterocycles. The standard InChI is InChI=1S/C26H29BrN2.HI/c27-21-14-15-23-20(17-21)18-25-26(28-23)22-12-6-7-13-24(22)29(25)16-8-2-5-11-19-9-3-1-4-10-19;/h6-7,12-15,17-19H,1-5,8-11,16H2;1H. The first-order valence-electron chi connectivity index (χ1n) is 11.3. The SMILES string of the molecule is Brc1ccc2[nH+]c3c4ccccc4n(CCCCCC4CCCCC4)c3cc2c1.[I-]. The minimum atomic E-state index is 0. The third kappa shape index (κ3) is 4.55.